The van der Waals surface area contributed by atoms with Gasteiger partial charge in [0.15, 0.2) is 0 Å². The predicted octanol–water partition coefficient (Wildman–Crippen LogP) is 4.08. The highest BCUT2D eigenvalue weighted by Crippen LogP contribution is 2.27. The molecule has 1 aromatic carbocycles. The highest BCUT2D eigenvalue weighted by Gasteiger charge is 2.17. The molecule has 2 atom stereocenters. The maximum Gasteiger partial charge on any atom is 0.269 e. The Morgan fingerprint density at radius 1 is 1.29 bits per heavy atom. The molecule has 2 aromatic rings. The van der Waals surface area contributed by atoms with Crippen molar-refractivity contribution >= 4 is 17.0 Å². The fourth-order valence-corrected chi connectivity index (χ4v) is 3.34. The lowest BCUT2D eigenvalue weighted by Crippen LogP contribution is -2.22. The van der Waals surface area contributed by atoms with Gasteiger partial charge in [-0.1, -0.05) is 12.1 Å². The van der Waals surface area contributed by atoms with Crippen molar-refractivity contribution < 1.29 is 4.92 Å². The van der Waals surface area contributed by atoms with Crippen LogP contribution in [0.1, 0.15) is 47.1 Å². The van der Waals surface area contributed by atoms with E-state index >= 15 is 0 Å². The van der Waals surface area contributed by atoms with Crippen LogP contribution < -0.4 is 5.32 Å². The second-order valence-corrected chi connectivity index (χ2v) is 6.38. The van der Waals surface area contributed by atoms with Crippen LogP contribution in [0.25, 0.3) is 0 Å². The van der Waals surface area contributed by atoms with Crippen LogP contribution in [0.5, 0.6) is 0 Å². The SMILES string of the molecule is Cc1nc(C)c(C(C)NC(C)c2cccc([N+](=O)[O-])c2)s1. The number of benzene rings is 1. The van der Waals surface area contributed by atoms with Crippen molar-refractivity contribution in [3.05, 3.63) is 55.5 Å². The Kier molecular flexibility index (Phi) is 4.69. The Labute approximate surface area is 128 Å². The third-order valence-electron chi connectivity index (χ3n) is 3.41. The van der Waals surface area contributed by atoms with Crippen LogP contribution in [0.3, 0.4) is 0 Å². The van der Waals surface area contributed by atoms with E-state index in [9.17, 15) is 10.1 Å². The third kappa shape index (κ3) is 3.65. The van der Waals surface area contributed by atoms with E-state index in [-0.39, 0.29) is 22.7 Å². The van der Waals surface area contributed by atoms with Gasteiger partial charge in [-0.15, -0.1) is 11.3 Å². The molecule has 1 aromatic heterocycles. The van der Waals surface area contributed by atoms with E-state index in [2.05, 4.69) is 17.2 Å². The minimum atomic E-state index is -0.365. The summed E-state index contributed by atoms with van der Waals surface area (Å²) in [5, 5.41) is 15.4. The zero-order valence-electron chi connectivity index (χ0n) is 12.6. The average molecular weight is 305 g/mol. The number of nitrogens with zero attached hydrogens (tertiary/aromatic N) is 2. The number of nitro benzene ring substituents is 1. The van der Waals surface area contributed by atoms with E-state index in [0.717, 1.165) is 16.3 Å². The molecule has 0 saturated heterocycles. The van der Waals surface area contributed by atoms with Gasteiger partial charge >= 0.3 is 0 Å². The van der Waals surface area contributed by atoms with Gasteiger partial charge in [-0.2, -0.15) is 0 Å². The molecule has 1 heterocycles. The van der Waals surface area contributed by atoms with Crippen molar-refractivity contribution in [3.8, 4) is 0 Å². The van der Waals surface area contributed by atoms with Crippen molar-refractivity contribution in [3.63, 3.8) is 0 Å². The Morgan fingerprint density at radius 3 is 2.57 bits per heavy atom. The number of nitrogens with one attached hydrogen (secondary N) is 1. The molecular formula is C15H19N3O2S. The Balaban J connectivity index is 2.14. The van der Waals surface area contributed by atoms with E-state index in [4.69, 9.17) is 0 Å². The van der Waals surface area contributed by atoms with Gasteiger partial charge in [0.05, 0.1) is 15.6 Å². The maximum absolute atomic E-state index is 10.8. The van der Waals surface area contributed by atoms with Crippen LogP contribution in [0, 0.1) is 24.0 Å². The molecule has 0 fully saturated rings. The summed E-state index contributed by atoms with van der Waals surface area (Å²) < 4.78 is 0. The molecule has 0 radical (unpaired) electrons. The number of aromatic nitrogens is 1. The second kappa shape index (κ2) is 6.32. The molecule has 0 spiro atoms. The van der Waals surface area contributed by atoms with Gasteiger partial charge in [0.1, 0.15) is 0 Å². The molecule has 0 bridgehead atoms. The molecule has 0 aliphatic carbocycles. The first-order valence-electron chi connectivity index (χ1n) is 6.82. The van der Waals surface area contributed by atoms with Crippen LogP contribution in [0.15, 0.2) is 24.3 Å². The van der Waals surface area contributed by atoms with Gasteiger partial charge in [0.25, 0.3) is 5.69 Å². The highest BCUT2D eigenvalue weighted by atomic mass is 32.1. The molecule has 0 amide bonds. The van der Waals surface area contributed by atoms with Crippen molar-refractivity contribution in [1.82, 2.24) is 10.3 Å². The summed E-state index contributed by atoms with van der Waals surface area (Å²) in [5.74, 6) is 0. The topological polar surface area (TPSA) is 68.1 Å². The molecular weight excluding hydrogens is 286 g/mol. The highest BCUT2D eigenvalue weighted by molar-refractivity contribution is 7.11. The summed E-state index contributed by atoms with van der Waals surface area (Å²) in [6, 6.07) is 6.94. The van der Waals surface area contributed by atoms with E-state index in [0.29, 0.717) is 0 Å². The zero-order chi connectivity index (χ0) is 15.6. The van der Waals surface area contributed by atoms with Gasteiger partial charge < -0.3 is 5.32 Å². The van der Waals surface area contributed by atoms with E-state index in [1.54, 1.807) is 23.5 Å². The average Bonchev–Trinajstić information content (AvgIpc) is 2.77. The maximum atomic E-state index is 10.8. The number of thiazole rings is 1. The summed E-state index contributed by atoms with van der Waals surface area (Å²) in [7, 11) is 0. The van der Waals surface area contributed by atoms with E-state index < -0.39 is 0 Å². The van der Waals surface area contributed by atoms with Crippen molar-refractivity contribution in [2.45, 2.75) is 39.8 Å². The lowest BCUT2D eigenvalue weighted by molar-refractivity contribution is -0.384. The molecule has 21 heavy (non-hydrogen) atoms. The third-order valence-corrected chi connectivity index (χ3v) is 4.67. The minimum Gasteiger partial charge on any atom is -0.303 e. The van der Waals surface area contributed by atoms with Gasteiger partial charge in [-0.3, -0.25) is 10.1 Å². The van der Waals surface area contributed by atoms with Gasteiger partial charge in [0, 0.05) is 29.1 Å². The smallest absolute Gasteiger partial charge is 0.269 e. The minimum absolute atomic E-state index is 0.0294. The van der Waals surface area contributed by atoms with Crippen LogP contribution in [-0.4, -0.2) is 9.91 Å². The summed E-state index contributed by atoms with van der Waals surface area (Å²) in [6.45, 7) is 8.11. The number of hydrogen-bond donors (Lipinski definition) is 1. The molecule has 0 aliphatic heterocycles. The lowest BCUT2D eigenvalue weighted by Gasteiger charge is -2.19. The Hall–Kier alpha value is -1.79. The normalized spacial score (nSPS) is 13.9. The standard InChI is InChI=1S/C15H19N3O2S/c1-9(13-6-5-7-14(8-13)18(19)20)16-10(2)15-11(3)17-12(4)21-15/h5-10,16H,1-4H3. The van der Waals surface area contributed by atoms with Crippen molar-refractivity contribution in [2.75, 3.05) is 0 Å². The number of nitro groups is 1. The van der Waals surface area contributed by atoms with Gasteiger partial charge in [-0.05, 0) is 33.3 Å². The van der Waals surface area contributed by atoms with Crippen molar-refractivity contribution in [1.29, 1.82) is 0 Å². The van der Waals surface area contributed by atoms with Crippen LogP contribution in [0.4, 0.5) is 5.69 Å². The summed E-state index contributed by atoms with van der Waals surface area (Å²) >= 11 is 1.69. The first kappa shape index (κ1) is 15.6. The molecule has 1 N–H and O–H groups in total. The second-order valence-electron chi connectivity index (χ2n) is 5.14. The monoisotopic (exact) mass is 305 g/mol. The zero-order valence-corrected chi connectivity index (χ0v) is 13.4. The fraction of sp³-hybridized carbons (Fsp3) is 0.400. The van der Waals surface area contributed by atoms with E-state index in [1.165, 1.54) is 10.9 Å². The predicted molar refractivity (Wildman–Crippen MR) is 84.7 cm³/mol. The fourth-order valence-electron chi connectivity index (χ4n) is 2.40. The van der Waals surface area contributed by atoms with E-state index in [1.807, 2.05) is 26.8 Å². The summed E-state index contributed by atoms with van der Waals surface area (Å²) in [4.78, 5) is 16.1. The van der Waals surface area contributed by atoms with Crippen molar-refractivity contribution in [2.24, 2.45) is 0 Å². The quantitative estimate of drug-likeness (QED) is 0.667. The van der Waals surface area contributed by atoms with Crippen LogP contribution in [-0.2, 0) is 0 Å². The largest absolute Gasteiger partial charge is 0.303 e. The van der Waals surface area contributed by atoms with Gasteiger partial charge in [0.2, 0.25) is 0 Å². The Morgan fingerprint density at radius 2 is 2.00 bits per heavy atom. The molecule has 2 unspecified atom stereocenters. The first-order chi connectivity index (χ1) is 9.88. The number of aryl methyl sites for hydroxylation is 2. The molecule has 0 saturated carbocycles. The first-order valence-corrected chi connectivity index (χ1v) is 7.64. The molecule has 2 rings (SSSR count). The summed E-state index contributed by atoms with van der Waals surface area (Å²) in [6.07, 6.45) is 0. The molecule has 5 nitrogen and oxygen atoms in total. The number of hydrogen-bond acceptors (Lipinski definition) is 5. The Bertz CT molecular complexity index is 654. The molecule has 0 aliphatic rings. The molecule has 112 valence electrons. The number of rotatable bonds is 5. The van der Waals surface area contributed by atoms with Crippen LogP contribution in [0.2, 0.25) is 0 Å². The summed E-state index contributed by atoms with van der Waals surface area (Å²) in [5.41, 5.74) is 2.08. The van der Waals surface area contributed by atoms with Gasteiger partial charge in [-0.25, -0.2) is 4.98 Å². The number of non-ortho nitro benzene ring substituents is 1. The molecule has 6 heteroatoms. The van der Waals surface area contributed by atoms with Crippen LogP contribution >= 0.6 is 11.3 Å². The lowest BCUT2D eigenvalue weighted by atomic mass is 10.1.